The minimum absolute atomic E-state index is 0.0459. The molecule has 1 aromatic rings. The van der Waals surface area contributed by atoms with E-state index in [1.165, 1.54) is 16.8 Å². The van der Waals surface area contributed by atoms with Crippen LogP contribution in [-0.2, 0) is 21.2 Å². The number of anilines is 1. The summed E-state index contributed by atoms with van der Waals surface area (Å²) in [6, 6.07) is 3.43. The first kappa shape index (κ1) is 14.7. The van der Waals surface area contributed by atoms with Crippen molar-refractivity contribution in [2.45, 2.75) is 6.42 Å². The Kier molecular flexibility index (Phi) is 4.24. The topological polar surface area (TPSA) is 96.6 Å². The van der Waals surface area contributed by atoms with E-state index in [0.717, 1.165) is 0 Å². The summed E-state index contributed by atoms with van der Waals surface area (Å²) in [5.74, 6) is -0.0459. The molecule has 1 amide bonds. The van der Waals surface area contributed by atoms with Crippen LogP contribution in [0.4, 0.5) is 5.69 Å². The highest BCUT2D eigenvalue weighted by molar-refractivity contribution is 7.88. The summed E-state index contributed by atoms with van der Waals surface area (Å²) in [5.41, 5.74) is 6.76. The van der Waals surface area contributed by atoms with E-state index in [9.17, 15) is 13.2 Å². The Balaban J connectivity index is 1.90. The maximum absolute atomic E-state index is 12.1. The first-order chi connectivity index (χ1) is 9.36. The highest BCUT2D eigenvalue weighted by atomic mass is 32.2. The van der Waals surface area contributed by atoms with Crippen LogP contribution in [-0.4, -0.2) is 60.9 Å². The number of rotatable bonds is 3. The molecule has 1 fully saturated rings. The average Bonchev–Trinajstić information content (AvgIpc) is 2.40. The molecule has 1 aromatic heterocycles. The van der Waals surface area contributed by atoms with Crippen LogP contribution in [0.5, 0.6) is 0 Å². The molecule has 8 heteroatoms. The molecule has 0 saturated carbocycles. The summed E-state index contributed by atoms with van der Waals surface area (Å²) >= 11 is 0. The zero-order valence-corrected chi connectivity index (χ0v) is 12.1. The number of piperazine rings is 1. The minimum atomic E-state index is -3.17. The van der Waals surface area contributed by atoms with Crippen LogP contribution >= 0.6 is 0 Å². The molecule has 7 nitrogen and oxygen atoms in total. The third kappa shape index (κ3) is 3.67. The highest BCUT2D eigenvalue weighted by Crippen LogP contribution is 2.09. The summed E-state index contributed by atoms with van der Waals surface area (Å²) in [5, 5.41) is 0. The predicted molar refractivity (Wildman–Crippen MR) is 75.4 cm³/mol. The zero-order valence-electron chi connectivity index (χ0n) is 11.3. The van der Waals surface area contributed by atoms with Crippen LogP contribution < -0.4 is 5.73 Å². The molecule has 110 valence electrons. The lowest BCUT2D eigenvalue weighted by molar-refractivity contribution is -0.131. The van der Waals surface area contributed by atoms with Gasteiger partial charge in [0.05, 0.1) is 24.6 Å². The molecule has 0 aliphatic carbocycles. The van der Waals surface area contributed by atoms with Crippen molar-refractivity contribution in [3.63, 3.8) is 0 Å². The normalized spacial score (nSPS) is 17.1. The van der Waals surface area contributed by atoms with Crippen molar-refractivity contribution in [1.29, 1.82) is 0 Å². The van der Waals surface area contributed by atoms with Gasteiger partial charge in [0.1, 0.15) is 0 Å². The fourth-order valence-electron chi connectivity index (χ4n) is 2.08. The van der Waals surface area contributed by atoms with E-state index in [2.05, 4.69) is 4.98 Å². The van der Waals surface area contributed by atoms with Gasteiger partial charge in [-0.3, -0.25) is 9.78 Å². The van der Waals surface area contributed by atoms with E-state index in [1.807, 2.05) is 0 Å². The molecule has 0 aromatic carbocycles. The van der Waals surface area contributed by atoms with Gasteiger partial charge in [-0.15, -0.1) is 0 Å². The van der Waals surface area contributed by atoms with Gasteiger partial charge in [0.2, 0.25) is 15.9 Å². The molecular formula is C12H18N4O3S. The number of amides is 1. The SMILES string of the molecule is CS(=O)(=O)N1CCN(C(=O)Cc2ccc(N)cn2)CC1. The predicted octanol–water partition coefficient (Wildman–Crippen LogP) is -0.690. The number of hydrogen-bond acceptors (Lipinski definition) is 5. The van der Waals surface area contributed by atoms with Crippen LogP contribution in [0.25, 0.3) is 0 Å². The molecule has 2 heterocycles. The average molecular weight is 298 g/mol. The number of nitrogens with zero attached hydrogens (tertiary/aromatic N) is 3. The second kappa shape index (κ2) is 5.76. The number of hydrogen-bond donors (Lipinski definition) is 1. The summed E-state index contributed by atoms with van der Waals surface area (Å²) in [6.45, 7) is 1.53. The Morgan fingerprint density at radius 2 is 1.95 bits per heavy atom. The Morgan fingerprint density at radius 3 is 2.45 bits per heavy atom. The van der Waals surface area contributed by atoms with Crippen molar-refractivity contribution >= 4 is 21.6 Å². The van der Waals surface area contributed by atoms with Crippen LogP contribution in [0.15, 0.2) is 18.3 Å². The van der Waals surface area contributed by atoms with Crippen LogP contribution in [0.3, 0.4) is 0 Å². The fraction of sp³-hybridized carbons (Fsp3) is 0.500. The highest BCUT2D eigenvalue weighted by Gasteiger charge is 2.25. The van der Waals surface area contributed by atoms with Gasteiger partial charge in [0.25, 0.3) is 0 Å². The van der Waals surface area contributed by atoms with Crippen molar-refractivity contribution in [3.05, 3.63) is 24.0 Å². The lowest BCUT2D eigenvalue weighted by Crippen LogP contribution is -2.50. The monoisotopic (exact) mass is 298 g/mol. The van der Waals surface area contributed by atoms with Crippen molar-refractivity contribution in [3.8, 4) is 0 Å². The molecule has 1 aliphatic heterocycles. The van der Waals surface area contributed by atoms with Gasteiger partial charge in [-0.1, -0.05) is 0 Å². The minimum Gasteiger partial charge on any atom is -0.397 e. The number of carbonyl (C=O) groups is 1. The molecule has 1 saturated heterocycles. The molecule has 0 spiro atoms. The maximum Gasteiger partial charge on any atom is 0.228 e. The first-order valence-electron chi connectivity index (χ1n) is 6.29. The molecule has 0 radical (unpaired) electrons. The van der Waals surface area contributed by atoms with Gasteiger partial charge in [-0.2, -0.15) is 4.31 Å². The largest absolute Gasteiger partial charge is 0.397 e. The van der Waals surface area contributed by atoms with Crippen LogP contribution in [0, 0.1) is 0 Å². The van der Waals surface area contributed by atoms with Crippen molar-refractivity contribution in [1.82, 2.24) is 14.2 Å². The van der Waals surface area contributed by atoms with E-state index < -0.39 is 10.0 Å². The zero-order chi connectivity index (χ0) is 14.8. The molecule has 2 N–H and O–H groups in total. The van der Waals surface area contributed by atoms with Crippen LogP contribution in [0.2, 0.25) is 0 Å². The first-order valence-corrected chi connectivity index (χ1v) is 8.14. The summed E-state index contributed by atoms with van der Waals surface area (Å²) in [6.07, 6.45) is 2.91. The van der Waals surface area contributed by atoms with E-state index in [1.54, 1.807) is 17.0 Å². The molecule has 0 bridgehead atoms. The molecule has 20 heavy (non-hydrogen) atoms. The molecule has 0 unspecified atom stereocenters. The number of sulfonamides is 1. The van der Waals surface area contributed by atoms with Gasteiger partial charge in [-0.05, 0) is 12.1 Å². The van der Waals surface area contributed by atoms with Gasteiger partial charge >= 0.3 is 0 Å². The van der Waals surface area contributed by atoms with Gasteiger partial charge in [-0.25, -0.2) is 8.42 Å². The Bertz CT molecular complexity index is 577. The van der Waals surface area contributed by atoms with Crippen molar-refractivity contribution < 1.29 is 13.2 Å². The lowest BCUT2D eigenvalue weighted by Gasteiger charge is -2.33. The molecule has 2 rings (SSSR count). The van der Waals surface area contributed by atoms with Crippen LogP contribution in [0.1, 0.15) is 5.69 Å². The standard InChI is InChI=1S/C12H18N4O3S/c1-20(18,19)16-6-4-15(5-7-16)12(17)8-11-3-2-10(13)9-14-11/h2-3,9H,4-8,13H2,1H3. The number of pyridine rings is 1. The second-order valence-electron chi connectivity index (χ2n) is 4.80. The third-order valence-corrected chi connectivity index (χ3v) is 4.54. The lowest BCUT2D eigenvalue weighted by atomic mass is 10.2. The Hall–Kier alpha value is -1.67. The van der Waals surface area contributed by atoms with E-state index in [0.29, 0.717) is 37.6 Å². The smallest absolute Gasteiger partial charge is 0.228 e. The van der Waals surface area contributed by atoms with E-state index in [-0.39, 0.29) is 12.3 Å². The third-order valence-electron chi connectivity index (χ3n) is 3.24. The van der Waals surface area contributed by atoms with Crippen molar-refractivity contribution in [2.24, 2.45) is 0 Å². The van der Waals surface area contributed by atoms with Gasteiger partial charge in [0.15, 0.2) is 0 Å². The van der Waals surface area contributed by atoms with E-state index >= 15 is 0 Å². The molecule has 1 aliphatic rings. The number of nitrogens with two attached hydrogens (primary N) is 1. The fourth-order valence-corrected chi connectivity index (χ4v) is 2.90. The number of carbonyl (C=O) groups excluding carboxylic acids is 1. The summed E-state index contributed by atoms with van der Waals surface area (Å²) in [7, 11) is -3.17. The van der Waals surface area contributed by atoms with Gasteiger partial charge in [0, 0.05) is 31.9 Å². The van der Waals surface area contributed by atoms with Crippen molar-refractivity contribution in [2.75, 3.05) is 38.2 Å². The Morgan fingerprint density at radius 1 is 1.30 bits per heavy atom. The Labute approximate surface area is 118 Å². The van der Waals surface area contributed by atoms with E-state index in [4.69, 9.17) is 5.73 Å². The summed E-state index contributed by atoms with van der Waals surface area (Å²) < 4.78 is 24.2. The number of aromatic nitrogens is 1. The summed E-state index contributed by atoms with van der Waals surface area (Å²) in [4.78, 5) is 17.9. The molecular weight excluding hydrogens is 280 g/mol. The maximum atomic E-state index is 12.1. The number of nitrogen functional groups attached to an aromatic ring is 1. The second-order valence-corrected chi connectivity index (χ2v) is 6.78. The molecule has 0 atom stereocenters. The quantitative estimate of drug-likeness (QED) is 0.797. The van der Waals surface area contributed by atoms with Gasteiger partial charge < -0.3 is 10.6 Å².